The SMILES string of the molecule is O=C(Nc1ccccc1)c1ccc(Nc2ccccc2F)cn1. The third-order valence-electron chi connectivity index (χ3n) is 3.18. The van der Waals surface area contributed by atoms with Gasteiger partial charge >= 0.3 is 0 Å². The van der Waals surface area contributed by atoms with Crippen LogP contribution in [0.5, 0.6) is 0 Å². The van der Waals surface area contributed by atoms with Gasteiger partial charge < -0.3 is 10.6 Å². The fourth-order valence-electron chi connectivity index (χ4n) is 2.04. The van der Waals surface area contributed by atoms with Gasteiger partial charge in [0.25, 0.3) is 5.91 Å². The Labute approximate surface area is 133 Å². The van der Waals surface area contributed by atoms with Crippen LogP contribution in [0.1, 0.15) is 10.5 Å². The molecule has 3 aromatic rings. The summed E-state index contributed by atoms with van der Waals surface area (Å²) in [6.45, 7) is 0. The van der Waals surface area contributed by atoms with E-state index < -0.39 is 0 Å². The van der Waals surface area contributed by atoms with Crippen LogP contribution in [0.4, 0.5) is 21.5 Å². The molecular weight excluding hydrogens is 293 g/mol. The predicted molar refractivity (Wildman–Crippen MR) is 88.3 cm³/mol. The second-order valence-electron chi connectivity index (χ2n) is 4.86. The van der Waals surface area contributed by atoms with E-state index >= 15 is 0 Å². The topological polar surface area (TPSA) is 54.0 Å². The Balaban J connectivity index is 1.69. The Hall–Kier alpha value is -3.21. The average Bonchev–Trinajstić information content (AvgIpc) is 2.58. The van der Waals surface area contributed by atoms with Crippen molar-refractivity contribution < 1.29 is 9.18 Å². The third kappa shape index (κ3) is 3.71. The van der Waals surface area contributed by atoms with E-state index in [1.807, 2.05) is 18.2 Å². The molecule has 4 nitrogen and oxygen atoms in total. The Morgan fingerprint density at radius 2 is 1.61 bits per heavy atom. The first-order chi connectivity index (χ1) is 11.2. The number of benzene rings is 2. The van der Waals surface area contributed by atoms with Crippen molar-refractivity contribution in [3.8, 4) is 0 Å². The molecule has 0 spiro atoms. The summed E-state index contributed by atoms with van der Waals surface area (Å²) in [5, 5.41) is 5.67. The maximum absolute atomic E-state index is 13.6. The van der Waals surface area contributed by atoms with Gasteiger partial charge in [0.15, 0.2) is 0 Å². The lowest BCUT2D eigenvalue weighted by molar-refractivity contribution is 0.102. The molecule has 0 bridgehead atoms. The molecular formula is C18H14FN3O. The summed E-state index contributed by atoms with van der Waals surface area (Å²) in [5.74, 6) is -0.646. The number of para-hydroxylation sites is 2. The van der Waals surface area contributed by atoms with Crippen LogP contribution in [-0.2, 0) is 0 Å². The summed E-state index contributed by atoms with van der Waals surface area (Å²) >= 11 is 0. The zero-order chi connectivity index (χ0) is 16.1. The highest BCUT2D eigenvalue weighted by molar-refractivity contribution is 6.02. The van der Waals surface area contributed by atoms with Crippen LogP contribution in [-0.4, -0.2) is 10.9 Å². The van der Waals surface area contributed by atoms with Crippen LogP contribution >= 0.6 is 0 Å². The zero-order valence-corrected chi connectivity index (χ0v) is 12.2. The molecule has 0 radical (unpaired) electrons. The van der Waals surface area contributed by atoms with Crippen LogP contribution in [0, 0.1) is 5.82 Å². The molecule has 2 aromatic carbocycles. The summed E-state index contributed by atoms with van der Waals surface area (Å²) in [6.07, 6.45) is 1.49. The van der Waals surface area contributed by atoms with Crippen LogP contribution in [0.15, 0.2) is 72.9 Å². The lowest BCUT2D eigenvalue weighted by Gasteiger charge is -2.08. The van der Waals surface area contributed by atoms with E-state index in [0.29, 0.717) is 17.1 Å². The van der Waals surface area contributed by atoms with E-state index in [-0.39, 0.29) is 17.4 Å². The van der Waals surface area contributed by atoms with Gasteiger partial charge in [-0.3, -0.25) is 4.79 Å². The Bertz CT molecular complexity index is 804. The van der Waals surface area contributed by atoms with Crippen molar-refractivity contribution in [2.45, 2.75) is 0 Å². The molecule has 0 atom stereocenters. The third-order valence-corrected chi connectivity index (χ3v) is 3.18. The monoisotopic (exact) mass is 307 g/mol. The highest BCUT2D eigenvalue weighted by atomic mass is 19.1. The first-order valence-electron chi connectivity index (χ1n) is 7.06. The van der Waals surface area contributed by atoms with Crippen molar-refractivity contribution in [3.63, 3.8) is 0 Å². The van der Waals surface area contributed by atoms with Crippen molar-refractivity contribution >= 4 is 23.0 Å². The number of aromatic nitrogens is 1. The maximum Gasteiger partial charge on any atom is 0.274 e. The number of anilines is 3. The standard InChI is InChI=1S/C18H14FN3O/c19-15-8-4-5-9-16(15)21-14-10-11-17(20-12-14)18(23)22-13-6-2-1-3-7-13/h1-12,21H,(H,22,23). The summed E-state index contributed by atoms with van der Waals surface area (Å²) in [4.78, 5) is 16.2. The van der Waals surface area contributed by atoms with E-state index in [9.17, 15) is 9.18 Å². The normalized spacial score (nSPS) is 10.1. The number of carbonyl (C=O) groups excluding carboxylic acids is 1. The average molecular weight is 307 g/mol. The van der Waals surface area contributed by atoms with E-state index in [4.69, 9.17) is 0 Å². The second-order valence-corrected chi connectivity index (χ2v) is 4.86. The van der Waals surface area contributed by atoms with E-state index in [2.05, 4.69) is 15.6 Å². The second kappa shape index (κ2) is 6.70. The number of carbonyl (C=O) groups is 1. The molecule has 1 heterocycles. The molecule has 5 heteroatoms. The molecule has 0 aliphatic heterocycles. The lowest BCUT2D eigenvalue weighted by atomic mass is 10.2. The van der Waals surface area contributed by atoms with E-state index in [0.717, 1.165) is 0 Å². The molecule has 2 N–H and O–H groups in total. The fraction of sp³-hybridized carbons (Fsp3) is 0. The molecule has 114 valence electrons. The molecule has 0 fully saturated rings. The van der Waals surface area contributed by atoms with Crippen molar-refractivity contribution in [1.82, 2.24) is 4.98 Å². The van der Waals surface area contributed by atoms with Crippen LogP contribution in [0.25, 0.3) is 0 Å². The minimum Gasteiger partial charge on any atom is -0.352 e. The number of nitrogens with one attached hydrogen (secondary N) is 2. The van der Waals surface area contributed by atoms with Gasteiger partial charge in [0, 0.05) is 5.69 Å². The number of halogens is 1. The molecule has 0 saturated heterocycles. The molecule has 3 rings (SSSR count). The number of pyridine rings is 1. The number of rotatable bonds is 4. The van der Waals surface area contributed by atoms with Gasteiger partial charge in [0.05, 0.1) is 17.6 Å². The smallest absolute Gasteiger partial charge is 0.274 e. The largest absolute Gasteiger partial charge is 0.352 e. The first kappa shape index (κ1) is 14.7. The quantitative estimate of drug-likeness (QED) is 0.759. The van der Waals surface area contributed by atoms with Crippen molar-refractivity contribution in [1.29, 1.82) is 0 Å². The highest BCUT2D eigenvalue weighted by Gasteiger charge is 2.08. The minimum absolute atomic E-state index is 0.285. The van der Waals surface area contributed by atoms with Gasteiger partial charge in [-0.05, 0) is 36.4 Å². The molecule has 0 unspecified atom stereocenters. The Morgan fingerprint density at radius 1 is 0.870 bits per heavy atom. The highest BCUT2D eigenvalue weighted by Crippen LogP contribution is 2.19. The Kier molecular flexibility index (Phi) is 4.29. The van der Waals surface area contributed by atoms with Crippen molar-refractivity contribution in [2.24, 2.45) is 0 Å². The van der Waals surface area contributed by atoms with Crippen LogP contribution < -0.4 is 10.6 Å². The molecule has 1 amide bonds. The predicted octanol–water partition coefficient (Wildman–Crippen LogP) is 4.22. The summed E-state index contributed by atoms with van der Waals surface area (Å²) < 4.78 is 13.6. The number of hydrogen-bond acceptors (Lipinski definition) is 3. The van der Waals surface area contributed by atoms with Crippen molar-refractivity contribution in [3.05, 3.63) is 84.4 Å². The van der Waals surface area contributed by atoms with Gasteiger partial charge in [-0.25, -0.2) is 9.37 Å². The number of nitrogens with zero attached hydrogens (tertiary/aromatic N) is 1. The first-order valence-corrected chi connectivity index (χ1v) is 7.06. The van der Waals surface area contributed by atoms with Gasteiger partial charge in [-0.15, -0.1) is 0 Å². The minimum atomic E-state index is -0.349. The van der Waals surface area contributed by atoms with Gasteiger partial charge in [-0.1, -0.05) is 30.3 Å². The zero-order valence-electron chi connectivity index (χ0n) is 12.2. The summed E-state index contributed by atoms with van der Waals surface area (Å²) in [5.41, 5.74) is 1.95. The van der Waals surface area contributed by atoms with Crippen LogP contribution in [0.2, 0.25) is 0 Å². The molecule has 0 aliphatic rings. The number of amides is 1. The molecule has 0 saturated carbocycles. The lowest BCUT2D eigenvalue weighted by Crippen LogP contribution is -2.13. The molecule has 0 aliphatic carbocycles. The molecule has 1 aromatic heterocycles. The summed E-state index contributed by atoms with van der Waals surface area (Å²) in [6, 6.07) is 18.8. The fourth-order valence-corrected chi connectivity index (χ4v) is 2.04. The van der Waals surface area contributed by atoms with E-state index in [1.165, 1.54) is 12.3 Å². The van der Waals surface area contributed by atoms with E-state index in [1.54, 1.807) is 42.5 Å². The Morgan fingerprint density at radius 3 is 2.30 bits per heavy atom. The van der Waals surface area contributed by atoms with Gasteiger partial charge in [0.1, 0.15) is 11.5 Å². The van der Waals surface area contributed by atoms with Gasteiger partial charge in [0.2, 0.25) is 0 Å². The number of hydrogen-bond donors (Lipinski definition) is 2. The van der Waals surface area contributed by atoms with Crippen molar-refractivity contribution in [2.75, 3.05) is 10.6 Å². The molecule has 23 heavy (non-hydrogen) atoms. The van der Waals surface area contributed by atoms with Gasteiger partial charge in [-0.2, -0.15) is 0 Å². The van der Waals surface area contributed by atoms with Crippen LogP contribution in [0.3, 0.4) is 0 Å². The summed E-state index contributed by atoms with van der Waals surface area (Å²) in [7, 11) is 0. The maximum atomic E-state index is 13.6.